The molecule has 0 bridgehead atoms. The van der Waals surface area contributed by atoms with Crippen LogP contribution in [0.3, 0.4) is 0 Å². The number of benzene rings is 1. The summed E-state index contributed by atoms with van der Waals surface area (Å²) in [5.74, 6) is 1.03. The second-order valence-electron chi connectivity index (χ2n) is 4.12. The van der Waals surface area contributed by atoms with Gasteiger partial charge < -0.3 is 4.74 Å². The summed E-state index contributed by atoms with van der Waals surface area (Å²) < 4.78 is 6.48. The molecule has 0 unspecified atom stereocenters. The van der Waals surface area contributed by atoms with Crippen molar-refractivity contribution in [1.82, 2.24) is 4.98 Å². The molecule has 0 spiro atoms. The first kappa shape index (κ1) is 14.0. The summed E-state index contributed by atoms with van der Waals surface area (Å²) in [6.45, 7) is 3.78. The van der Waals surface area contributed by atoms with E-state index in [-0.39, 0.29) is 0 Å². The minimum absolute atomic E-state index is 0.367. The lowest BCUT2D eigenvalue weighted by Gasteiger charge is -2.11. The Morgan fingerprint density at radius 1 is 1.26 bits per heavy atom. The molecule has 0 atom stereocenters. The first-order chi connectivity index (χ1) is 9.01. The second kappa shape index (κ2) is 5.72. The molecule has 2 aromatic rings. The SMILES string of the molecule is Cc1cc(Br)c(C=O)cc1Oc1nc(Cl)ccc1C. The molecule has 0 aliphatic carbocycles. The summed E-state index contributed by atoms with van der Waals surface area (Å²) in [6, 6.07) is 7.04. The minimum atomic E-state index is 0.367. The lowest BCUT2D eigenvalue weighted by molar-refractivity contribution is 0.112. The second-order valence-corrected chi connectivity index (χ2v) is 5.36. The first-order valence-electron chi connectivity index (χ1n) is 5.57. The predicted octanol–water partition coefficient (Wildman–Crippen LogP) is 4.72. The zero-order chi connectivity index (χ0) is 14.0. The van der Waals surface area contributed by atoms with Crippen LogP contribution in [-0.2, 0) is 0 Å². The summed E-state index contributed by atoms with van der Waals surface area (Å²) in [5, 5.41) is 0.367. The van der Waals surface area contributed by atoms with Crippen LogP contribution < -0.4 is 4.74 Å². The van der Waals surface area contributed by atoms with Gasteiger partial charge in [-0.2, -0.15) is 0 Å². The minimum Gasteiger partial charge on any atom is -0.438 e. The van der Waals surface area contributed by atoms with Crippen LogP contribution in [0.4, 0.5) is 0 Å². The molecule has 19 heavy (non-hydrogen) atoms. The van der Waals surface area contributed by atoms with Crippen molar-refractivity contribution in [2.24, 2.45) is 0 Å². The van der Waals surface area contributed by atoms with Gasteiger partial charge in [0.05, 0.1) is 0 Å². The van der Waals surface area contributed by atoms with Crippen LogP contribution in [0.2, 0.25) is 5.15 Å². The molecule has 1 aromatic carbocycles. The number of hydrogen-bond donors (Lipinski definition) is 0. The average Bonchev–Trinajstić information content (AvgIpc) is 2.37. The number of aryl methyl sites for hydroxylation is 2. The number of nitrogens with zero attached hydrogens (tertiary/aromatic N) is 1. The summed E-state index contributed by atoms with van der Waals surface area (Å²) >= 11 is 9.18. The normalized spacial score (nSPS) is 10.3. The van der Waals surface area contributed by atoms with Crippen molar-refractivity contribution < 1.29 is 9.53 Å². The van der Waals surface area contributed by atoms with Gasteiger partial charge in [-0.25, -0.2) is 4.98 Å². The van der Waals surface area contributed by atoms with Gasteiger partial charge in [0.15, 0.2) is 6.29 Å². The number of carbonyl (C=O) groups excluding carboxylic acids is 1. The molecule has 2 rings (SSSR count). The van der Waals surface area contributed by atoms with Crippen molar-refractivity contribution >= 4 is 33.8 Å². The number of halogens is 2. The van der Waals surface area contributed by atoms with E-state index in [2.05, 4.69) is 20.9 Å². The molecule has 0 fully saturated rings. The third-order valence-corrected chi connectivity index (χ3v) is 3.54. The number of ether oxygens (including phenoxy) is 1. The van der Waals surface area contributed by atoms with Crippen molar-refractivity contribution in [2.75, 3.05) is 0 Å². The molecule has 0 aliphatic rings. The number of pyridine rings is 1. The summed E-state index contributed by atoms with van der Waals surface area (Å²) in [6.07, 6.45) is 0.772. The molecule has 1 heterocycles. The zero-order valence-corrected chi connectivity index (χ0v) is 12.7. The van der Waals surface area contributed by atoms with Crippen LogP contribution in [0, 0.1) is 13.8 Å². The Hall–Kier alpha value is -1.39. The van der Waals surface area contributed by atoms with E-state index >= 15 is 0 Å². The van der Waals surface area contributed by atoms with Gasteiger partial charge in [0.2, 0.25) is 5.88 Å². The van der Waals surface area contributed by atoms with Gasteiger partial charge in [0.1, 0.15) is 10.9 Å². The molecule has 0 aliphatic heterocycles. The Morgan fingerprint density at radius 3 is 2.68 bits per heavy atom. The van der Waals surface area contributed by atoms with Crippen LogP contribution in [0.1, 0.15) is 21.5 Å². The van der Waals surface area contributed by atoms with E-state index in [0.717, 1.165) is 21.9 Å². The first-order valence-corrected chi connectivity index (χ1v) is 6.74. The third-order valence-electron chi connectivity index (χ3n) is 2.64. The van der Waals surface area contributed by atoms with E-state index in [1.165, 1.54) is 0 Å². The van der Waals surface area contributed by atoms with Crippen molar-refractivity contribution in [2.45, 2.75) is 13.8 Å². The number of aromatic nitrogens is 1. The quantitative estimate of drug-likeness (QED) is 0.599. The van der Waals surface area contributed by atoms with Crippen molar-refractivity contribution in [1.29, 1.82) is 0 Å². The lowest BCUT2D eigenvalue weighted by atomic mass is 10.1. The Balaban J connectivity index is 2.43. The van der Waals surface area contributed by atoms with Gasteiger partial charge in [-0.1, -0.05) is 33.6 Å². The topological polar surface area (TPSA) is 39.2 Å². The van der Waals surface area contributed by atoms with Crippen molar-refractivity contribution in [3.63, 3.8) is 0 Å². The Labute approximate surface area is 124 Å². The van der Waals surface area contributed by atoms with E-state index in [0.29, 0.717) is 22.3 Å². The highest BCUT2D eigenvalue weighted by atomic mass is 79.9. The molecule has 98 valence electrons. The van der Waals surface area contributed by atoms with E-state index < -0.39 is 0 Å². The summed E-state index contributed by atoms with van der Waals surface area (Å²) in [7, 11) is 0. The molecule has 0 radical (unpaired) electrons. The fourth-order valence-corrected chi connectivity index (χ4v) is 2.25. The van der Waals surface area contributed by atoms with E-state index in [9.17, 15) is 4.79 Å². The van der Waals surface area contributed by atoms with Crippen LogP contribution in [0.15, 0.2) is 28.7 Å². The molecular formula is C14H11BrClNO2. The molecule has 3 nitrogen and oxygen atoms in total. The number of aldehydes is 1. The van der Waals surface area contributed by atoms with Crippen LogP contribution in [0.25, 0.3) is 0 Å². The van der Waals surface area contributed by atoms with Gasteiger partial charge in [0, 0.05) is 15.6 Å². The molecule has 0 N–H and O–H groups in total. The standard InChI is InChI=1S/C14H11BrClNO2/c1-8-3-4-13(16)17-14(8)19-12-6-10(7-18)11(15)5-9(12)2/h3-7H,1-2H3. The fraction of sp³-hybridized carbons (Fsp3) is 0.143. The molecule has 0 amide bonds. The van der Waals surface area contributed by atoms with Crippen LogP contribution in [-0.4, -0.2) is 11.3 Å². The summed E-state index contributed by atoms with van der Waals surface area (Å²) in [5.41, 5.74) is 2.30. The Kier molecular flexibility index (Phi) is 4.22. The zero-order valence-electron chi connectivity index (χ0n) is 10.4. The van der Waals surface area contributed by atoms with E-state index in [1.54, 1.807) is 12.1 Å². The maximum Gasteiger partial charge on any atom is 0.223 e. The van der Waals surface area contributed by atoms with Crippen molar-refractivity contribution in [3.8, 4) is 11.6 Å². The predicted molar refractivity (Wildman–Crippen MR) is 78.3 cm³/mol. The number of hydrogen-bond acceptors (Lipinski definition) is 3. The molecule has 0 saturated carbocycles. The average molecular weight is 341 g/mol. The lowest BCUT2D eigenvalue weighted by Crippen LogP contribution is -1.95. The largest absolute Gasteiger partial charge is 0.438 e. The molecule has 1 aromatic heterocycles. The maximum absolute atomic E-state index is 10.9. The Morgan fingerprint density at radius 2 is 2.00 bits per heavy atom. The van der Waals surface area contributed by atoms with Gasteiger partial charge in [-0.15, -0.1) is 0 Å². The highest BCUT2D eigenvalue weighted by Gasteiger charge is 2.10. The molecule has 5 heteroatoms. The van der Waals surface area contributed by atoms with Gasteiger partial charge in [-0.05, 0) is 37.6 Å². The maximum atomic E-state index is 10.9. The third kappa shape index (κ3) is 3.14. The summed E-state index contributed by atoms with van der Waals surface area (Å²) in [4.78, 5) is 15.1. The van der Waals surface area contributed by atoms with E-state index in [4.69, 9.17) is 16.3 Å². The van der Waals surface area contributed by atoms with E-state index in [1.807, 2.05) is 26.0 Å². The smallest absolute Gasteiger partial charge is 0.223 e. The highest BCUT2D eigenvalue weighted by Crippen LogP contribution is 2.31. The number of rotatable bonds is 3. The Bertz CT molecular complexity index is 644. The number of carbonyl (C=O) groups is 1. The van der Waals surface area contributed by atoms with Gasteiger partial charge in [-0.3, -0.25) is 4.79 Å². The molecular weight excluding hydrogens is 330 g/mol. The van der Waals surface area contributed by atoms with Crippen LogP contribution in [0.5, 0.6) is 11.6 Å². The highest BCUT2D eigenvalue weighted by molar-refractivity contribution is 9.10. The van der Waals surface area contributed by atoms with Crippen LogP contribution >= 0.6 is 27.5 Å². The van der Waals surface area contributed by atoms with Crippen molar-refractivity contribution in [3.05, 3.63) is 50.6 Å². The molecule has 0 saturated heterocycles. The van der Waals surface area contributed by atoms with Gasteiger partial charge in [0.25, 0.3) is 0 Å². The fourth-order valence-electron chi connectivity index (χ4n) is 1.56. The monoisotopic (exact) mass is 339 g/mol. The van der Waals surface area contributed by atoms with Gasteiger partial charge >= 0.3 is 0 Å².